The van der Waals surface area contributed by atoms with Crippen LogP contribution < -0.4 is 42.6 Å². The topological polar surface area (TPSA) is 264 Å². The van der Waals surface area contributed by atoms with Gasteiger partial charge in [0.2, 0.25) is 6.10 Å². The molecule has 0 aliphatic carbocycles. The average Bonchev–Trinajstić information content (AvgIpc) is 0.939. The Balaban J connectivity index is 0.817. The number of sulfonamides is 3. The summed E-state index contributed by atoms with van der Waals surface area (Å²) in [5.74, 6) is -1.75. The maximum atomic E-state index is 14.4. The third-order valence-corrected chi connectivity index (χ3v) is 18.6. The molecule has 0 bridgehead atoms. The van der Waals surface area contributed by atoms with Gasteiger partial charge >= 0.3 is 17.9 Å². The number of hydrogen-bond acceptors (Lipinski definition) is 17. The Labute approximate surface area is 557 Å². The summed E-state index contributed by atoms with van der Waals surface area (Å²) in [6.07, 6.45) is -0.928. The fourth-order valence-electron chi connectivity index (χ4n) is 9.56. The van der Waals surface area contributed by atoms with Gasteiger partial charge in [0, 0.05) is 33.8 Å². The van der Waals surface area contributed by atoms with Crippen molar-refractivity contribution < 1.29 is 81.9 Å². The molecule has 0 amide bonds. The average molecular weight is 1360 g/mol. The molecule has 1 unspecified atom stereocenters. The fourth-order valence-corrected chi connectivity index (χ4v) is 12.8. The van der Waals surface area contributed by atoms with E-state index in [1.54, 1.807) is 158 Å². The number of carbonyl (C=O) groups excluding carboxylic acids is 3. The fraction of sp³-hybridized carbons (Fsp3) is 0.208. The lowest BCUT2D eigenvalue weighted by Gasteiger charge is -2.20. The smallest absolute Gasteiger partial charge is 0.360 e. The van der Waals surface area contributed by atoms with E-state index in [4.69, 9.17) is 37.9 Å². The number of aryl methyl sites for hydroxylation is 1. The number of benzene rings is 9. The van der Waals surface area contributed by atoms with Gasteiger partial charge in [0.05, 0.1) is 27.5 Å². The molecule has 9 rings (SSSR count). The Kier molecular flexibility index (Phi) is 24.1. The van der Waals surface area contributed by atoms with E-state index in [1.807, 2.05) is 13.8 Å². The van der Waals surface area contributed by atoms with E-state index >= 15 is 0 Å². The maximum absolute atomic E-state index is 14.4. The Morgan fingerprint density at radius 1 is 0.427 bits per heavy atom. The molecule has 9 aromatic carbocycles. The van der Waals surface area contributed by atoms with E-state index in [0.717, 1.165) is 36.1 Å². The minimum atomic E-state index is -4.06. The summed E-state index contributed by atoms with van der Waals surface area (Å²) in [5, 5.41) is 0. The second kappa shape index (κ2) is 33.1. The minimum Gasteiger partial charge on any atom is -0.490 e. The van der Waals surface area contributed by atoms with Crippen molar-refractivity contribution in [1.29, 1.82) is 0 Å². The number of esters is 3. The number of anilines is 3. The first-order valence-electron chi connectivity index (χ1n) is 30.5. The van der Waals surface area contributed by atoms with Crippen molar-refractivity contribution in [2.24, 2.45) is 0 Å². The van der Waals surface area contributed by atoms with Crippen LogP contribution in [0.15, 0.2) is 233 Å². The van der Waals surface area contributed by atoms with Gasteiger partial charge in [-0.2, -0.15) is 0 Å². The monoisotopic (exact) mass is 1360 g/mol. The largest absolute Gasteiger partial charge is 0.490 e. The molecule has 0 aromatic heterocycles. The molecule has 500 valence electrons. The van der Waals surface area contributed by atoms with Crippen molar-refractivity contribution >= 4 is 65.0 Å². The molecule has 0 heterocycles. The summed E-state index contributed by atoms with van der Waals surface area (Å²) in [7, 11) is -11.8. The third kappa shape index (κ3) is 20.3. The molecule has 9 aromatic rings. The predicted octanol–water partition coefficient (Wildman–Crippen LogP) is 12.8. The first-order valence-corrected chi connectivity index (χ1v) is 34.9. The van der Waals surface area contributed by atoms with Gasteiger partial charge in [0.15, 0.2) is 0 Å². The second-order valence-electron chi connectivity index (χ2n) is 21.8. The van der Waals surface area contributed by atoms with Crippen LogP contribution in [0.1, 0.15) is 67.0 Å². The van der Waals surface area contributed by atoms with Crippen LogP contribution in [0, 0.1) is 5.82 Å². The van der Waals surface area contributed by atoms with Gasteiger partial charge in [-0.3, -0.25) is 23.8 Å². The van der Waals surface area contributed by atoms with Crippen LogP contribution in [0.2, 0.25) is 0 Å². The standard InChI is InChI=1S/C72H70FN3O17S3/c1-4-12-51-21-37-62(38-22-51)94(80,81)74-56-25-31-59(32-26-56)86-42-45-90-67-19-9-6-14-54(67)48-70(78)93-72(79)71(65-17-7-10-20-68(65)91-46-43-88-61-33-27-57(28-34-61)75-95(82,83)63-39-23-52(24-40-63)50(2)3)92-69(77)47-53-13-5-8-18-66(53)89-44-41-87-60-35-29-58(30-36-60)76-96(84,85)64-16-11-15-55(73)49-64/h5-11,13-40,49-50,71,74-76H,4,12,41-48H2,1-3H3. The van der Waals surface area contributed by atoms with E-state index in [1.165, 1.54) is 48.5 Å². The van der Waals surface area contributed by atoms with Crippen molar-refractivity contribution in [3.05, 3.63) is 252 Å². The zero-order valence-electron chi connectivity index (χ0n) is 52.6. The van der Waals surface area contributed by atoms with Crippen molar-refractivity contribution in [3.63, 3.8) is 0 Å². The van der Waals surface area contributed by atoms with Crippen molar-refractivity contribution in [2.45, 2.75) is 73.2 Å². The highest BCUT2D eigenvalue weighted by Gasteiger charge is 2.32. The zero-order chi connectivity index (χ0) is 68.1. The van der Waals surface area contributed by atoms with Gasteiger partial charge in [-0.05, 0) is 157 Å². The molecule has 0 aliphatic heterocycles. The minimum absolute atomic E-state index is 0.00567. The van der Waals surface area contributed by atoms with Crippen molar-refractivity contribution in [2.75, 3.05) is 53.8 Å². The van der Waals surface area contributed by atoms with Crippen LogP contribution >= 0.6 is 0 Å². The van der Waals surface area contributed by atoms with Crippen molar-refractivity contribution in [1.82, 2.24) is 0 Å². The van der Waals surface area contributed by atoms with E-state index < -0.39 is 72.7 Å². The number of halogens is 1. The molecule has 0 radical (unpaired) electrons. The zero-order valence-corrected chi connectivity index (χ0v) is 55.0. The Bertz CT molecular complexity index is 4450. The molecule has 3 N–H and O–H groups in total. The van der Waals surface area contributed by atoms with Crippen LogP contribution in [0.4, 0.5) is 21.5 Å². The lowest BCUT2D eigenvalue weighted by Crippen LogP contribution is -2.26. The van der Waals surface area contributed by atoms with E-state index in [9.17, 15) is 44.0 Å². The number of carbonyl (C=O) groups is 3. The van der Waals surface area contributed by atoms with E-state index in [0.29, 0.717) is 45.5 Å². The lowest BCUT2D eigenvalue weighted by molar-refractivity contribution is -0.174. The normalized spacial score (nSPS) is 11.8. The summed E-state index contributed by atoms with van der Waals surface area (Å²) in [6.45, 7) is 6.05. The van der Waals surface area contributed by atoms with Crippen LogP contribution in [0.5, 0.6) is 34.5 Å². The summed E-state index contributed by atoms with van der Waals surface area (Å²) in [6, 6.07) is 56.1. The molecule has 20 nitrogen and oxygen atoms in total. The van der Waals surface area contributed by atoms with Crippen molar-refractivity contribution in [3.8, 4) is 34.5 Å². The molecular weight excluding hydrogens is 1290 g/mol. The van der Waals surface area contributed by atoms with Gasteiger partial charge in [-0.15, -0.1) is 0 Å². The summed E-state index contributed by atoms with van der Waals surface area (Å²) in [5.41, 5.74) is 3.68. The Morgan fingerprint density at radius 2 is 0.833 bits per heavy atom. The maximum Gasteiger partial charge on any atom is 0.360 e. The Hall–Kier alpha value is -10.4. The SMILES string of the molecule is CCCc1ccc(S(=O)(=O)Nc2ccc(OCCOc3ccccc3CC(=O)OC(=O)C(OC(=O)Cc3ccccc3OCCOc3ccc(NS(=O)(=O)c4cccc(F)c4)cc3)c3ccccc3OCCOc3ccc(NS(=O)(=O)c4ccc(C(C)C)cc4)cc3)cc2)cc1. The molecule has 96 heavy (non-hydrogen) atoms. The number of hydrogen-bond donors (Lipinski definition) is 3. The van der Waals surface area contributed by atoms with E-state index in [-0.39, 0.29) is 83.0 Å². The summed E-state index contributed by atoms with van der Waals surface area (Å²) in [4.78, 5) is 42.2. The molecular formula is C72H70FN3O17S3. The number of para-hydroxylation sites is 3. The quantitative estimate of drug-likeness (QED) is 0.0192. The molecule has 24 heteroatoms. The third-order valence-electron chi connectivity index (χ3n) is 14.4. The molecule has 0 aliphatic rings. The van der Waals surface area contributed by atoms with Gasteiger partial charge < -0.3 is 37.9 Å². The summed E-state index contributed by atoms with van der Waals surface area (Å²) >= 11 is 0. The van der Waals surface area contributed by atoms with Crippen LogP contribution in [-0.4, -0.2) is 82.8 Å². The van der Waals surface area contributed by atoms with E-state index in [2.05, 4.69) is 21.1 Å². The first-order chi connectivity index (χ1) is 46.2. The number of nitrogens with one attached hydrogen (secondary N) is 3. The Morgan fingerprint density at radius 3 is 1.29 bits per heavy atom. The second-order valence-corrected chi connectivity index (χ2v) is 26.9. The molecule has 0 spiro atoms. The van der Waals surface area contributed by atoms with Gasteiger partial charge in [0.25, 0.3) is 30.1 Å². The highest BCUT2D eigenvalue weighted by molar-refractivity contribution is 7.93. The molecule has 0 saturated heterocycles. The molecule has 0 saturated carbocycles. The van der Waals surface area contributed by atoms with Crippen LogP contribution in [0.25, 0.3) is 0 Å². The number of ether oxygens (including phenoxy) is 8. The highest BCUT2D eigenvalue weighted by Crippen LogP contribution is 2.32. The predicted molar refractivity (Wildman–Crippen MR) is 359 cm³/mol. The highest BCUT2D eigenvalue weighted by atomic mass is 32.2. The molecule has 1 atom stereocenters. The molecule has 0 fully saturated rings. The van der Waals surface area contributed by atoms with Gasteiger partial charge in [-0.25, -0.2) is 34.4 Å². The number of rotatable bonds is 34. The van der Waals surface area contributed by atoms with Gasteiger partial charge in [0.1, 0.15) is 80.0 Å². The van der Waals surface area contributed by atoms with Crippen LogP contribution in [-0.2, 0) is 73.2 Å². The van der Waals surface area contributed by atoms with Gasteiger partial charge in [-0.1, -0.05) is 112 Å². The first kappa shape index (κ1) is 69.9. The summed E-state index contributed by atoms with van der Waals surface area (Å²) < 4.78 is 146. The lowest BCUT2D eigenvalue weighted by atomic mass is 10.0. The van der Waals surface area contributed by atoms with Crippen LogP contribution in [0.3, 0.4) is 0 Å².